The van der Waals surface area contributed by atoms with Gasteiger partial charge in [-0.1, -0.05) is 24.3 Å². The molecule has 2 nitrogen and oxygen atoms in total. The summed E-state index contributed by atoms with van der Waals surface area (Å²) in [6.07, 6.45) is 1.68. The molecule has 21 heavy (non-hydrogen) atoms. The number of rotatable bonds is 2. The average molecular weight is 289 g/mol. The molecule has 0 saturated carbocycles. The first-order valence-corrected chi connectivity index (χ1v) is 7.09. The predicted molar refractivity (Wildman–Crippen MR) is 78.6 cm³/mol. The summed E-state index contributed by atoms with van der Waals surface area (Å²) in [6, 6.07) is 10.0. The third-order valence-electron chi connectivity index (χ3n) is 3.78. The van der Waals surface area contributed by atoms with E-state index in [9.17, 15) is 8.78 Å². The van der Waals surface area contributed by atoms with Gasteiger partial charge in [0, 0.05) is 5.56 Å². The normalized spacial score (nSPS) is 17.6. The van der Waals surface area contributed by atoms with E-state index >= 15 is 0 Å². The molecule has 1 aliphatic heterocycles. The van der Waals surface area contributed by atoms with Crippen LogP contribution in [0.2, 0.25) is 0 Å². The van der Waals surface area contributed by atoms with Gasteiger partial charge < -0.3 is 10.1 Å². The Morgan fingerprint density at radius 2 is 1.95 bits per heavy atom. The number of anilines is 1. The first-order chi connectivity index (χ1) is 10.2. The maximum Gasteiger partial charge on any atom is 0.181 e. The van der Waals surface area contributed by atoms with Crippen molar-refractivity contribution in [1.82, 2.24) is 0 Å². The Morgan fingerprint density at radius 3 is 2.81 bits per heavy atom. The SMILES string of the molecule is Cc1cccc2c1OCCCC2Nc1cccc(F)c1F. The van der Waals surface area contributed by atoms with Crippen LogP contribution in [0.1, 0.15) is 30.0 Å². The van der Waals surface area contributed by atoms with E-state index in [-0.39, 0.29) is 11.7 Å². The minimum Gasteiger partial charge on any atom is -0.493 e. The van der Waals surface area contributed by atoms with Gasteiger partial charge in [-0.05, 0) is 37.5 Å². The lowest BCUT2D eigenvalue weighted by atomic mass is 9.99. The minimum absolute atomic E-state index is 0.0845. The van der Waals surface area contributed by atoms with Crippen molar-refractivity contribution in [2.75, 3.05) is 11.9 Å². The number of hydrogen-bond donors (Lipinski definition) is 1. The molecule has 0 fully saturated rings. The van der Waals surface area contributed by atoms with Crippen molar-refractivity contribution in [2.45, 2.75) is 25.8 Å². The molecule has 1 heterocycles. The highest BCUT2D eigenvalue weighted by atomic mass is 19.2. The second kappa shape index (κ2) is 5.72. The number of ether oxygens (including phenoxy) is 1. The highest BCUT2D eigenvalue weighted by Gasteiger charge is 2.22. The van der Waals surface area contributed by atoms with E-state index in [2.05, 4.69) is 5.32 Å². The molecular formula is C17H17F2NO. The first-order valence-electron chi connectivity index (χ1n) is 7.09. The number of aryl methyl sites for hydroxylation is 1. The lowest BCUT2D eigenvalue weighted by Gasteiger charge is -2.21. The van der Waals surface area contributed by atoms with E-state index in [1.165, 1.54) is 6.07 Å². The fourth-order valence-corrected chi connectivity index (χ4v) is 2.72. The molecule has 2 aromatic carbocycles. The molecule has 1 aliphatic rings. The van der Waals surface area contributed by atoms with Crippen molar-refractivity contribution in [2.24, 2.45) is 0 Å². The van der Waals surface area contributed by atoms with E-state index < -0.39 is 11.6 Å². The molecule has 1 atom stereocenters. The number of benzene rings is 2. The van der Waals surface area contributed by atoms with Crippen LogP contribution in [0.3, 0.4) is 0 Å². The highest BCUT2D eigenvalue weighted by molar-refractivity contribution is 5.51. The molecule has 0 aliphatic carbocycles. The Balaban J connectivity index is 1.96. The largest absolute Gasteiger partial charge is 0.493 e. The summed E-state index contributed by atoms with van der Waals surface area (Å²) in [5.41, 5.74) is 2.24. The third-order valence-corrected chi connectivity index (χ3v) is 3.78. The van der Waals surface area contributed by atoms with Crippen molar-refractivity contribution < 1.29 is 13.5 Å². The van der Waals surface area contributed by atoms with Crippen molar-refractivity contribution in [3.63, 3.8) is 0 Å². The monoisotopic (exact) mass is 289 g/mol. The van der Waals surface area contributed by atoms with Crippen LogP contribution < -0.4 is 10.1 Å². The molecule has 2 aromatic rings. The molecule has 1 N–H and O–H groups in total. The van der Waals surface area contributed by atoms with Gasteiger partial charge in [-0.3, -0.25) is 0 Å². The van der Waals surface area contributed by atoms with Crippen LogP contribution in [0.25, 0.3) is 0 Å². The summed E-state index contributed by atoms with van der Waals surface area (Å²) in [5, 5.41) is 3.12. The van der Waals surface area contributed by atoms with Gasteiger partial charge in [-0.25, -0.2) is 8.78 Å². The Labute approximate surface area is 122 Å². The molecular weight excluding hydrogens is 272 g/mol. The quantitative estimate of drug-likeness (QED) is 0.872. The highest BCUT2D eigenvalue weighted by Crippen LogP contribution is 2.36. The smallest absolute Gasteiger partial charge is 0.181 e. The van der Waals surface area contributed by atoms with Gasteiger partial charge in [0.05, 0.1) is 18.3 Å². The molecule has 0 amide bonds. The van der Waals surface area contributed by atoms with Crippen LogP contribution in [0, 0.1) is 18.6 Å². The summed E-state index contributed by atoms with van der Waals surface area (Å²) < 4.78 is 33.0. The standard InChI is InChI=1S/C17H17F2NO/c1-11-5-2-6-12-14(9-4-10-21-17(11)12)20-15-8-3-7-13(18)16(15)19/h2-3,5-8,14,20H,4,9-10H2,1H3. The third kappa shape index (κ3) is 2.71. The van der Waals surface area contributed by atoms with E-state index in [4.69, 9.17) is 4.74 Å². The van der Waals surface area contributed by atoms with Crippen LogP contribution in [0.5, 0.6) is 5.75 Å². The van der Waals surface area contributed by atoms with E-state index in [0.29, 0.717) is 6.61 Å². The molecule has 0 saturated heterocycles. The molecule has 0 spiro atoms. The predicted octanol–water partition coefficient (Wildman–Crippen LogP) is 4.60. The molecule has 1 unspecified atom stereocenters. The summed E-state index contributed by atoms with van der Waals surface area (Å²) in [4.78, 5) is 0. The molecule has 110 valence electrons. The molecule has 0 bridgehead atoms. The maximum atomic E-state index is 13.8. The molecule has 0 aromatic heterocycles. The van der Waals surface area contributed by atoms with E-state index in [1.807, 2.05) is 25.1 Å². The van der Waals surface area contributed by atoms with Crippen molar-refractivity contribution in [3.05, 3.63) is 59.2 Å². The zero-order chi connectivity index (χ0) is 14.8. The number of halogens is 2. The van der Waals surface area contributed by atoms with Crippen LogP contribution in [-0.4, -0.2) is 6.61 Å². The number of para-hydroxylation sites is 1. The van der Waals surface area contributed by atoms with E-state index in [1.54, 1.807) is 6.07 Å². The van der Waals surface area contributed by atoms with Crippen molar-refractivity contribution in [3.8, 4) is 5.75 Å². The van der Waals surface area contributed by atoms with Gasteiger partial charge in [0.15, 0.2) is 11.6 Å². The summed E-state index contributed by atoms with van der Waals surface area (Å²) in [5.74, 6) is -0.824. The lowest BCUT2D eigenvalue weighted by molar-refractivity contribution is 0.314. The first kappa shape index (κ1) is 13.9. The maximum absolute atomic E-state index is 13.8. The Kier molecular flexibility index (Phi) is 3.78. The van der Waals surface area contributed by atoms with Crippen LogP contribution >= 0.6 is 0 Å². The van der Waals surface area contributed by atoms with Crippen LogP contribution in [0.15, 0.2) is 36.4 Å². The van der Waals surface area contributed by atoms with E-state index in [0.717, 1.165) is 35.8 Å². The van der Waals surface area contributed by atoms with Crippen molar-refractivity contribution in [1.29, 1.82) is 0 Å². The zero-order valence-electron chi connectivity index (χ0n) is 11.8. The lowest BCUT2D eigenvalue weighted by Crippen LogP contribution is -2.12. The summed E-state index contributed by atoms with van der Waals surface area (Å²) in [7, 11) is 0. The Bertz CT molecular complexity index is 657. The topological polar surface area (TPSA) is 21.3 Å². The van der Waals surface area contributed by atoms with Crippen LogP contribution in [-0.2, 0) is 0 Å². The zero-order valence-corrected chi connectivity index (χ0v) is 11.8. The number of fused-ring (bicyclic) bond motifs is 1. The molecule has 0 radical (unpaired) electrons. The average Bonchev–Trinajstić information content (AvgIpc) is 2.68. The molecule has 4 heteroatoms. The summed E-state index contributed by atoms with van der Waals surface area (Å²) >= 11 is 0. The second-order valence-corrected chi connectivity index (χ2v) is 5.28. The summed E-state index contributed by atoms with van der Waals surface area (Å²) in [6.45, 7) is 2.63. The van der Waals surface area contributed by atoms with Gasteiger partial charge in [0.2, 0.25) is 0 Å². The minimum atomic E-state index is -0.839. The van der Waals surface area contributed by atoms with Gasteiger partial charge in [0.25, 0.3) is 0 Å². The Morgan fingerprint density at radius 1 is 1.14 bits per heavy atom. The Hall–Kier alpha value is -2.10. The fourth-order valence-electron chi connectivity index (χ4n) is 2.72. The van der Waals surface area contributed by atoms with Gasteiger partial charge in [0.1, 0.15) is 5.75 Å². The number of nitrogens with one attached hydrogen (secondary N) is 1. The number of hydrogen-bond acceptors (Lipinski definition) is 2. The van der Waals surface area contributed by atoms with Gasteiger partial charge in [-0.2, -0.15) is 0 Å². The fraction of sp³-hybridized carbons (Fsp3) is 0.294. The molecule has 3 rings (SSSR count). The van der Waals surface area contributed by atoms with Gasteiger partial charge in [-0.15, -0.1) is 0 Å². The second-order valence-electron chi connectivity index (χ2n) is 5.28. The van der Waals surface area contributed by atoms with Crippen molar-refractivity contribution >= 4 is 5.69 Å². The van der Waals surface area contributed by atoms with Crippen LogP contribution in [0.4, 0.5) is 14.5 Å². The van der Waals surface area contributed by atoms with Gasteiger partial charge >= 0.3 is 0 Å².